The summed E-state index contributed by atoms with van der Waals surface area (Å²) in [5, 5.41) is 3.12. The van der Waals surface area contributed by atoms with Gasteiger partial charge in [0.05, 0.1) is 6.61 Å². The van der Waals surface area contributed by atoms with Gasteiger partial charge in [0.2, 0.25) is 5.91 Å². The molecule has 5 heteroatoms. The van der Waals surface area contributed by atoms with Gasteiger partial charge in [-0.25, -0.2) is 0 Å². The summed E-state index contributed by atoms with van der Waals surface area (Å²) in [6, 6.07) is 0.250. The fourth-order valence-electron chi connectivity index (χ4n) is 2.86. The molecule has 1 rings (SSSR count). The molecular formula is C24H34N2O3. The van der Waals surface area contributed by atoms with Crippen LogP contribution in [0.3, 0.4) is 0 Å². The Labute approximate surface area is 175 Å². The van der Waals surface area contributed by atoms with E-state index in [2.05, 4.69) is 36.0 Å². The lowest BCUT2D eigenvalue weighted by molar-refractivity contribution is -0.122. The van der Waals surface area contributed by atoms with Crippen LogP contribution in [0.2, 0.25) is 0 Å². The quantitative estimate of drug-likeness (QED) is 0.221. The van der Waals surface area contributed by atoms with E-state index in [-0.39, 0.29) is 17.7 Å². The van der Waals surface area contributed by atoms with Crippen molar-refractivity contribution in [2.45, 2.75) is 38.6 Å². The van der Waals surface area contributed by atoms with Crippen LogP contribution in [0, 0.1) is 0 Å². The maximum Gasteiger partial charge on any atom is 0.220 e. The van der Waals surface area contributed by atoms with Crippen LogP contribution in [-0.4, -0.2) is 48.9 Å². The van der Waals surface area contributed by atoms with Gasteiger partial charge in [0.1, 0.15) is 5.76 Å². The fourth-order valence-corrected chi connectivity index (χ4v) is 2.86. The molecule has 0 spiro atoms. The van der Waals surface area contributed by atoms with E-state index in [4.69, 9.17) is 4.74 Å². The van der Waals surface area contributed by atoms with Gasteiger partial charge in [-0.1, -0.05) is 44.0 Å². The largest absolute Gasteiger partial charge is 0.494 e. The number of carbonyl (C=O) groups is 2. The van der Waals surface area contributed by atoms with Crippen LogP contribution < -0.4 is 5.32 Å². The number of likely N-dealkylation sites (tertiary alicyclic amines) is 1. The molecule has 1 heterocycles. The molecule has 1 aliphatic rings. The minimum atomic E-state index is -0.0880. The first-order valence-corrected chi connectivity index (χ1v) is 10.1. The maximum absolute atomic E-state index is 12.2. The van der Waals surface area contributed by atoms with E-state index in [0.29, 0.717) is 30.8 Å². The Kier molecular flexibility index (Phi) is 12.1. The SMILES string of the molecule is C=C/C=C/CN1CCC(NC(=O)CCCOC(/C=C\C(=C)C(C)=O)=C/C=C)CC1. The number of piperidine rings is 1. The summed E-state index contributed by atoms with van der Waals surface area (Å²) in [7, 11) is 0. The fraction of sp³-hybridized carbons (Fsp3) is 0.417. The Balaban J connectivity index is 2.26. The zero-order chi connectivity index (χ0) is 21.5. The summed E-state index contributed by atoms with van der Waals surface area (Å²) in [5.74, 6) is 0.559. The van der Waals surface area contributed by atoms with E-state index in [1.807, 2.05) is 6.08 Å². The number of allylic oxidation sites excluding steroid dienone is 7. The third-order valence-electron chi connectivity index (χ3n) is 4.59. The van der Waals surface area contributed by atoms with E-state index in [1.165, 1.54) is 6.92 Å². The summed E-state index contributed by atoms with van der Waals surface area (Å²) in [6.07, 6.45) is 15.5. The molecule has 0 aliphatic carbocycles. The standard InChI is InChI=1S/C24H34N2O3/c1-5-7-8-16-26-17-14-22(15-18-26)25-24(28)11-9-19-29-23(10-6-2)13-12-20(3)21(4)27/h5-8,10,12-13,22H,1-3,9,11,14-19H2,4H3,(H,25,28)/b8-7+,13-12-,23-10+. The Bertz CT molecular complexity index is 666. The highest BCUT2D eigenvalue weighted by molar-refractivity contribution is 5.95. The number of nitrogens with zero attached hydrogens (tertiary/aromatic N) is 1. The molecule has 0 aromatic rings. The van der Waals surface area contributed by atoms with Gasteiger partial charge in [0.25, 0.3) is 0 Å². The molecule has 0 saturated carbocycles. The van der Waals surface area contributed by atoms with E-state index < -0.39 is 0 Å². The third kappa shape index (κ3) is 11.1. The second-order valence-electron chi connectivity index (χ2n) is 6.98. The van der Waals surface area contributed by atoms with Crippen molar-refractivity contribution in [3.05, 3.63) is 73.6 Å². The van der Waals surface area contributed by atoms with E-state index in [0.717, 1.165) is 32.5 Å². The summed E-state index contributed by atoms with van der Waals surface area (Å²) in [6.45, 7) is 15.8. The maximum atomic E-state index is 12.2. The summed E-state index contributed by atoms with van der Waals surface area (Å²) < 4.78 is 5.66. The topological polar surface area (TPSA) is 58.6 Å². The van der Waals surface area contributed by atoms with Crippen molar-refractivity contribution in [1.82, 2.24) is 10.2 Å². The molecule has 0 bridgehead atoms. The number of ketones is 1. The lowest BCUT2D eigenvalue weighted by Gasteiger charge is -2.31. The van der Waals surface area contributed by atoms with Gasteiger partial charge < -0.3 is 10.1 Å². The van der Waals surface area contributed by atoms with E-state index in [9.17, 15) is 9.59 Å². The van der Waals surface area contributed by atoms with Crippen LogP contribution in [0.5, 0.6) is 0 Å². The zero-order valence-electron chi connectivity index (χ0n) is 17.6. The number of ether oxygens (including phenoxy) is 1. The lowest BCUT2D eigenvalue weighted by atomic mass is 10.0. The van der Waals surface area contributed by atoms with Crippen molar-refractivity contribution in [2.75, 3.05) is 26.2 Å². The Morgan fingerprint density at radius 3 is 2.52 bits per heavy atom. The van der Waals surface area contributed by atoms with Crippen LogP contribution in [0.25, 0.3) is 0 Å². The smallest absolute Gasteiger partial charge is 0.220 e. The monoisotopic (exact) mass is 398 g/mol. The lowest BCUT2D eigenvalue weighted by Crippen LogP contribution is -2.44. The van der Waals surface area contributed by atoms with Gasteiger partial charge in [0, 0.05) is 37.7 Å². The van der Waals surface area contributed by atoms with Gasteiger partial charge in [0.15, 0.2) is 5.78 Å². The first-order valence-electron chi connectivity index (χ1n) is 10.1. The van der Waals surface area contributed by atoms with E-state index >= 15 is 0 Å². The first-order chi connectivity index (χ1) is 14.0. The van der Waals surface area contributed by atoms with Gasteiger partial charge in [-0.3, -0.25) is 14.5 Å². The molecule has 0 aromatic carbocycles. The average Bonchev–Trinajstić information content (AvgIpc) is 2.70. The molecule has 1 saturated heterocycles. The van der Waals surface area contributed by atoms with Gasteiger partial charge in [-0.05, 0) is 44.4 Å². The molecule has 1 fully saturated rings. The number of hydrogen-bond donors (Lipinski definition) is 1. The average molecular weight is 399 g/mol. The Hall–Kier alpha value is -2.66. The van der Waals surface area contributed by atoms with Gasteiger partial charge in [-0.15, -0.1) is 0 Å². The first kappa shape index (κ1) is 24.4. The van der Waals surface area contributed by atoms with Crippen molar-refractivity contribution in [3.63, 3.8) is 0 Å². The van der Waals surface area contributed by atoms with Crippen molar-refractivity contribution in [2.24, 2.45) is 0 Å². The van der Waals surface area contributed by atoms with Crippen LogP contribution in [0.4, 0.5) is 0 Å². The predicted octanol–water partition coefficient (Wildman–Crippen LogP) is 3.88. The highest BCUT2D eigenvalue weighted by Gasteiger charge is 2.19. The van der Waals surface area contributed by atoms with Crippen LogP contribution in [-0.2, 0) is 14.3 Å². The molecule has 0 unspecified atom stereocenters. The van der Waals surface area contributed by atoms with Crippen molar-refractivity contribution >= 4 is 11.7 Å². The van der Waals surface area contributed by atoms with Crippen LogP contribution >= 0.6 is 0 Å². The minimum Gasteiger partial charge on any atom is -0.494 e. The second-order valence-corrected chi connectivity index (χ2v) is 6.98. The van der Waals surface area contributed by atoms with Gasteiger partial charge >= 0.3 is 0 Å². The molecule has 1 amide bonds. The number of rotatable bonds is 13. The number of nitrogens with one attached hydrogen (secondary N) is 1. The Morgan fingerprint density at radius 2 is 1.90 bits per heavy atom. The molecule has 0 radical (unpaired) electrons. The molecule has 0 atom stereocenters. The number of carbonyl (C=O) groups excluding carboxylic acids is 2. The van der Waals surface area contributed by atoms with Crippen molar-refractivity contribution < 1.29 is 14.3 Å². The van der Waals surface area contributed by atoms with Crippen molar-refractivity contribution in [3.8, 4) is 0 Å². The van der Waals surface area contributed by atoms with Crippen LogP contribution in [0.15, 0.2) is 73.6 Å². The number of amides is 1. The molecule has 1 N–H and O–H groups in total. The molecule has 29 heavy (non-hydrogen) atoms. The zero-order valence-corrected chi connectivity index (χ0v) is 17.6. The third-order valence-corrected chi connectivity index (χ3v) is 4.59. The van der Waals surface area contributed by atoms with E-state index in [1.54, 1.807) is 30.4 Å². The van der Waals surface area contributed by atoms with Crippen molar-refractivity contribution in [1.29, 1.82) is 0 Å². The molecular weight excluding hydrogens is 364 g/mol. The molecule has 158 valence electrons. The Morgan fingerprint density at radius 1 is 1.17 bits per heavy atom. The highest BCUT2D eigenvalue weighted by Crippen LogP contribution is 2.11. The molecule has 0 aromatic heterocycles. The van der Waals surface area contributed by atoms with Gasteiger partial charge in [-0.2, -0.15) is 0 Å². The highest BCUT2D eigenvalue weighted by atomic mass is 16.5. The minimum absolute atomic E-state index is 0.0633. The summed E-state index contributed by atoms with van der Waals surface area (Å²) in [4.78, 5) is 25.7. The van der Waals surface area contributed by atoms with Crippen LogP contribution in [0.1, 0.15) is 32.6 Å². The summed E-state index contributed by atoms with van der Waals surface area (Å²) >= 11 is 0. The normalized spacial score (nSPS) is 16.1. The summed E-state index contributed by atoms with van der Waals surface area (Å²) in [5.41, 5.74) is 0.408. The number of Topliss-reactive ketones (excluding diaryl/α,β-unsaturated/α-hetero) is 1. The predicted molar refractivity (Wildman–Crippen MR) is 119 cm³/mol. The number of hydrogen-bond acceptors (Lipinski definition) is 4. The molecule has 1 aliphatic heterocycles. The second kappa shape index (κ2) is 14.4. The molecule has 5 nitrogen and oxygen atoms in total.